The van der Waals surface area contributed by atoms with E-state index in [1.165, 1.54) is 19.3 Å². The lowest BCUT2D eigenvalue weighted by Crippen LogP contribution is -2.38. The van der Waals surface area contributed by atoms with Gasteiger partial charge < -0.3 is 10.2 Å². The van der Waals surface area contributed by atoms with Gasteiger partial charge in [-0.1, -0.05) is 30.3 Å². The Labute approximate surface area is 180 Å². The van der Waals surface area contributed by atoms with Gasteiger partial charge in [-0.05, 0) is 49.1 Å². The van der Waals surface area contributed by atoms with Crippen LogP contribution in [0.2, 0.25) is 0 Å². The van der Waals surface area contributed by atoms with E-state index in [2.05, 4.69) is 10.2 Å². The van der Waals surface area contributed by atoms with Gasteiger partial charge in [0.2, 0.25) is 5.91 Å². The maximum absolute atomic E-state index is 12.6. The van der Waals surface area contributed by atoms with Crippen molar-refractivity contribution in [3.63, 3.8) is 0 Å². The molecule has 2 aliphatic rings. The molecule has 31 heavy (non-hydrogen) atoms. The first-order chi connectivity index (χ1) is 15.0. The first-order valence-electron chi connectivity index (χ1n) is 10.4. The number of imide groups is 2. The summed E-state index contributed by atoms with van der Waals surface area (Å²) in [5.41, 5.74) is 2.39. The molecule has 5 amide bonds. The van der Waals surface area contributed by atoms with Crippen LogP contribution in [0.3, 0.4) is 0 Å². The normalized spacial score (nSPS) is 16.8. The van der Waals surface area contributed by atoms with Gasteiger partial charge in [0.15, 0.2) is 0 Å². The molecular weight excluding hydrogens is 396 g/mol. The number of amides is 5. The molecule has 0 radical (unpaired) electrons. The van der Waals surface area contributed by atoms with Crippen molar-refractivity contribution in [2.45, 2.75) is 25.8 Å². The smallest absolute Gasteiger partial charge is 0.335 e. The average molecular weight is 420 g/mol. The standard InChI is InChI=1S/C23H24N4O4/c28-20(24-18-9-11-19(12-10-18)25-13-5-2-6-14-25)16-27-22(30)21(29)26(23(27)31)15-17-7-3-1-4-8-17/h1,3-4,7-12H,2,5-6,13-16H2,(H,24,28). The lowest BCUT2D eigenvalue weighted by Gasteiger charge is -2.28. The van der Waals surface area contributed by atoms with Crippen molar-refractivity contribution in [2.75, 3.05) is 29.9 Å². The SMILES string of the molecule is O=C(CN1C(=O)C(=O)N(Cc2ccccc2)C1=O)Nc1ccc(N2CCCCC2)cc1. The van der Waals surface area contributed by atoms with Crippen LogP contribution in [-0.2, 0) is 20.9 Å². The van der Waals surface area contributed by atoms with Crippen molar-refractivity contribution in [1.29, 1.82) is 0 Å². The second-order valence-corrected chi connectivity index (χ2v) is 7.69. The summed E-state index contributed by atoms with van der Waals surface area (Å²) in [6, 6.07) is 15.6. The van der Waals surface area contributed by atoms with Crippen LogP contribution in [-0.4, -0.2) is 53.2 Å². The molecule has 160 valence electrons. The molecule has 4 rings (SSSR count). The number of urea groups is 1. The number of anilines is 2. The third-order valence-corrected chi connectivity index (χ3v) is 5.49. The van der Waals surface area contributed by atoms with Gasteiger partial charge in [0.25, 0.3) is 0 Å². The van der Waals surface area contributed by atoms with Gasteiger partial charge in [0.05, 0.1) is 6.54 Å². The van der Waals surface area contributed by atoms with E-state index in [4.69, 9.17) is 0 Å². The number of nitrogens with zero attached hydrogens (tertiary/aromatic N) is 3. The number of piperidine rings is 1. The zero-order valence-corrected chi connectivity index (χ0v) is 17.1. The lowest BCUT2D eigenvalue weighted by atomic mass is 10.1. The molecule has 1 N–H and O–H groups in total. The highest BCUT2D eigenvalue weighted by Gasteiger charge is 2.45. The molecule has 0 bridgehead atoms. The average Bonchev–Trinajstić information content (AvgIpc) is 2.99. The third kappa shape index (κ3) is 4.58. The Bertz CT molecular complexity index is 984. The number of benzene rings is 2. The summed E-state index contributed by atoms with van der Waals surface area (Å²) in [6.45, 7) is 1.53. The summed E-state index contributed by atoms with van der Waals surface area (Å²) in [6.07, 6.45) is 3.61. The van der Waals surface area contributed by atoms with Crippen LogP contribution in [0.25, 0.3) is 0 Å². The third-order valence-electron chi connectivity index (χ3n) is 5.49. The fourth-order valence-corrected chi connectivity index (χ4v) is 3.85. The predicted molar refractivity (Wildman–Crippen MR) is 115 cm³/mol. The van der Waals surface area contributed by atoms with Gasteiger partial charge in [-0.3, -0.25) is 19.3 Å². The highest BCUT2D eigenvalue weighted by atomic mass is 16.2. The van der Waals surface area contributed by atoms with Crippen LogP contribution in [0.15, 0.2) is 54.6 Å². The van der Waals surface area contributed by atoms with E-state index in [-0.39, 0.29) is 6.54 Å². The van der Waals surface area contributed by atoms with Crippen molar-refractivity contribution < 1.29 is 19.2 Å². The highest BCUT2D eigenvalue weighted by molar-refractivity contribution is 6.45. The monoisotopic (exact) mass is 420 g/mol. The molecule has 0 unspecified atom stereocenters. The number of rotatable bonds is 6. The Hall–Kier alpha value is -3.68. The van der Waals surface area contributed by atoms with Crippen LogP contribution in [0.5, 0.6) is 0 Å². The summed E-state index contributed by atoms with van der Waals surface area (Å²) in [5.74, 6) is -2.45. The van der Waals surface area contributed by atoms with Crippen molar-refractivity contribution in [2.24, 2.45) is 0 Å². The molecule has 2 aliphatic heterocycles. The van der Waals surface area contributed by atoms with Gasteiger partial charge in [0, 0.05) is 24.5 Å². The fraction of sp³-hybridized carbons (Fsp3) is 0.304. The first-order valence-corrected chi connectivity index (χ1v) is 10.4. The number of hydrogen-bond donors (Lipinski definition) is 1. The topological polar surface area (TPSA) is 90.0 Å². The minimum Gasteiger partial charge on any atom is -0.372 e. The van der Waals surface area contributed by atoms with E-state index < -0.39 is 30.3 Å². The van der Waals surface area contributed by atoms with E-state index >= 15 is 0 Å². The van der Waals surface area contributed by atoms with Crippen LogP contribution >= 0.6 is 0 Å². The Balaban J connectivity index is 1.36. The molecule has 2 heterocycles. The molecule has 2 saturated heterocycles. The summed E-state index contributed by atoms with van der Waals surface area (Å²) in [5, 5.41) is 2.69. The summed E-state index contributed by atoms with van der Waals surface area (Å²) < 4.78 is 0. The van der Waals surface area contributed by atoms with E-state index in [0.29, 0.717) is 10.6 Å². The van der Waals surface area contributed by atoms with E-state index in [1.54, 1.807) is 36.4 Å². The van der Waals surface area contributed by atoms with E-state index in [1.807, 2.05) is 18.2 Å². The van der Waals surface area contributed by atoms with E-state index in [0.717, 1.165) is 29.2 Å². The van der Waals surface area contributed by atoms with Crippen molar-refractivity contribution >= 4 is 35.1 Å². The van der Waals surface area contributed by atoms with Gasteiger partial charge >= 0.3 is 17.8 Å². The van der Waals surface area contributed by atoms with E-state index in [9.17, 15) is 19.2 Å². The minimum atomic E-state index is -0.989. The summed E-state index contributed by atoms with van der Waals surface area (Å²) in [7, 11) is 0. The molecule has 8 nitrogen and oxygen atoms in total. The molecule has 0 spiro atoms. The number of carbonyl (C=O) groups is 4. The largest absolute Gasteiger partial charge is 0.372 e. The van der Waals surface area contributed by atoms with Gasteiger partial charge in [-0.25, -0.2) is 9.69 Å². The zero-order chi connectivity index (χ0) is 21.8. The van der Waals surface area contributed by atoms with Crippen LogP contribution < -0.4 is 10.2 Å². The maximum atomic E-state index is 12.6. The minimum absolute atomic E-state index is 0.0136. The van der Waals surface area contributed by atoms with Crippen LogP contribution in [0.4, 0.5) is 16.2 Å². The molecule has 0 aliphatic carbocycles. The number of nitrogens with one attached hydrogen (secondary N) is 1. The zero-order valence-electron chi connectivity index (χ0n) is 17.1. The van der Waals surface area contributed by atoms with Crippen LogP contribution in [0, 0.1) is 0 Å². The summed E-state index contributed by atoms with van der Waals surface area (Å²) in [4.78, 5) is 53.3. The number of carbonyl (C=O) groups excluding carboxylic acids is 4. The number of hydrogen-bond acceptors (Lipinski definition) is 5. The van der Waals surface area contributed by atoms with Crippen molar-refractivity contribution in [1.82, 2.24) is 9.80 Å². The Kier molecular flexibility index (Phi) is 5.97. The van der Waals surface area contributed by atoms with Crippen LogP contribution in [0.1, 0.15) is 24.8 Å². The second kappa shape index (κ2) is 8.99. The van der Waals surface area contributed by atoms with Crippen molar-refractivity contribution in [3.8, 4) is 0 Å². The van der Waals surface area contributed by atoms with Crippen molar-refractivity contribution in [3.05, 3.63) is 60.2 Å². The Morgan fingerprint density at radius 1 is 0.806 bits per heavy atom. The maximum Gasteiger partial charge on any atom is 0.335 e. The molecule has 2 fully saturated rings. The molecule has 8 heteroatoms. The summed E-state index contributed by atoms with van der Waals surface area (Å²) >= 11 is 0. The van der Waals surface area contributed by atoms with Gasteiger partial charge in [-0.2, -0.15) is 0 Å². The first kappa shape index (κ1) is 20.6. The molecule has 0 atom stereocenters. The molecule has 2 aromatic rings. The van der Waals surface area contributed by atoms with Gasteiger partial charge in [0.1, 0.15) is 6.54 Å². The quantitative estimate of drug-likeness (QED) is 0.573. The molecule has 0 saturated carbocycles. The molecule has 2 aromatic carbocycles. The highest BCUT2D eigenvalue weighted by Crippen LogP contribution is 2.22. The second-order valence-electron chi connectivity index (χ2n) is 7.69. The Morgan fingerprint density at radius 3 is 2.13 bits per heavy atom. The molecular formula is C23H24N4O4. The van der Waals surface area contributed by atoms with Gasteiger partial charge in [-0.15, -0.1) is 0 Å². The fourth-order valence-electron chi connectivity index (χ4n) is 3.85. The molecule has 0 aromatic heterocycles. The predicted octanol–water partition coefficient (Wildman–Crippen LogP) is 2.61. The Morgan fingerprint density at radius 2 is 1.45 bits per heavy atom. The lowest BCUT2D eigenvalue weighted by molar-refractivity contribution is -0.143.